The van der Waals surface area contributed by atoms with E-state index in [2.05, 4.69) is 27.3 Å². The fourth-order valence-corrected chi connectivity index (χ4v) is 2.37. The normalized spacial score (nSPS) is 15.5. The van der Waals surface area contributed by atoms with Crippen LogP contribution in [0.4, 0.5) is 4.79 Å². The summed E-state index contributed by atoms with van der Waals surface area (Å²) in [7, 11) is 0. The van der Waals surface area contributed by atoms with Crippen LogP contribution in [0.25, 0.3) is 0 Å². The minimum Gasteiger partial charge on any atom is -0.378 e. The standard InChI is InChI=1S/C13H17BrN2O2/c14-12-4-2-1-3-11(12)5-6-15-13(17)16-7-9-18-10-8-16/h1-4H,5-10H2,(H,15,17). The van der Waals surface area contributed by atoms with Crippen molar-refractivity contribution in [3.8, 4) is 0 Å². The number of nitrogens with one attached hydrogen (secondary N) is 1. The molecule has 2 rings (SSSR count). The molecule has 1 fully saturated rings. The molecule has 0 spiro atoms. The molecule has 0 saturated carbocycles. The van der Waals surface area contributed by atoms with E-state index in [1.807, 2.05) is 18.2 Å². The zero-order valence-electron chi connectivity index (χ0n) is 10.2. The minimum atomic E-state index is 0.00496. The summed E-state index contributed by atoms with van der Waals surface area (Å²) in [6.45, 7) is 3.29. The van der Waals surface area contributed by atoms with Crippen LogP contribution in [-0.2, 0) is 11.2 Å². The SMILES string of the molecule is O=C(NCCc1ccccc1Br)N1CCOCC1. The van der Waals surface area contributed by atoms with Crippen LogP contribution in [0.15, 0.2) is 28.7 Å². The fourth-order valence-electron chi connectivity index (χ4n) is 1.88. The van der Waals surface area contributed by atoms with Crippen molar-refractivity contribution in [3.63, 3.8) is 0 Å². The molecule has 18 heavy (non-hydrogen) atoms. The smallest absolute Gasteiger partial charge is 0.317 e. The van der Waals surface area contributed by atoms with E-state index in [9.17, 15) is 4.79 Å². The van der Waals surface area contributed by atoms with Crippen molar-refractivity contribution >= 4 is 22.0 Å². The number of hydrogen-bond donors (Lipinski definition) is 1. The molecule has 1 aromatic rings. The zero-order valence-corrected chi connectivity index (χ0v) is 11.8. The maximum absolute atomic E-state index is 11.8. The monoisotopic (exact) mass is 312 g/mol. The number of nitrogens with zero attached hydrogens (tertiary/aromatic N) is 1. The summed E-state index contributed by atoms with van der Waals surface area (Å²) in [5.74, 6) is 0. The van der Waals surface area contributed by atoms with E-state index in [0.717, 1.165) is 10.9 Å². The molecule has 1 saturated heterocycles. The third kappa shape index (κ3) is 3.71. The van der Waals surface area contributed by atoms with Gasteiger partial charge in [0.2, 0.25) is 0 Å². The Hall–Kier alpha value is -1.07. The van der Waals surface area contributed by atoms with Crippen molar-refractivity contribution < 1.29 is 9.53 Å². The number of halogens is 1. The van der Waals surface area contributed by atoms with Crippen LogP contribution in [0.1, 0.15) is 5.56 Å². The summed E-state index contributed by atoms with van der Waals surface area (Å²) in [6, 6.07) is 8.07. The molecular weight excluding hydrogens is 296 g/mol. The van der Waals surface area contributed by atoms with Crippen molar-refractivity contribution in [2.75, 3.05) is 32.8 Å². The van der Waals surface area contributed by atoms with Gasteiger partial charge in [-0.1, -0.05) is 34.1 Å². The largest absolute Gasteiger partial charge is 0.378 e. The first-order valence-electron chi connectivity index (χ1n) is 6.11. The molecule has 1 aromatic carbocycles. The predicted octanol–water partition coefficient (Wildman–Crippen LogP) is 2.03. The Morgan fingerprint density at radius 1 is 1.33 bits per heavy atom. The third-order valence-electron chi connectivity index (χ3n) is 2.93. The number of hydrogen-bond acceptors (Lipinski definition) is 2. The fraction of sp³-hybridized carbons (Fsp3) is 0.462. The van der Waals surface area contributed by atoms with Crippen molar-refractivity contribution in [3.05, 3.63) is 34.3 Å². The summed E-state index contributed by atoms with van der Waals surface area (Å²) in [5.41, 5.74) is 1.21. The molecule has 0 unspecified atom stereocenters. The van der Waals surface area contributed by atoms with Crippen LogP contribution in [-0.4, -0.2) is 43.8 Å². The molecule has 0 aliphatic carbocycles. The van der Waals surface area contributed by atoms with Gasteiger partial charge in [0.1, 0.15) is 0 Å². The van der Waals surface area contributed by atoms with Gasteiger partial charge in [-0.2, -0.15) is 0 Å². The van der Waals surface area contributed by atoms with Crippen LogP contribution in [0.2, 0.25) is 0 Å². The molecular formula is C13H17BrN2O2. The highest BCUT2D eigenvalue weighted by Gasteiger charge is 2.15. The van der Waals surface area contributed by atoms with Gasteiger partial charge < -0.3 is 15.0 Å². The molecule has 1 aliphatic heterocycles. The molecule has 5 heteroatoms. The van der Waals surface area contributed by atoms with Crippen molar-refractivity contribution in [2.24, 2.45) is 0 Å². The second-order valence-electron chi connectivity index (χ2n) is 4.17. The number of carbonyl (C=O) groups is 1. The number of ether oxygens (including phenoxy) is 1. The summed E-state index contributed by atoms with van der Waals surface area (Å²) in [4.78, 5) is 13.6. The van der Waals surface area contributed by atoms with E-state index < -0.39 is 0 Å². The van der Waals surface area contributed by atoms with E-state index in [0.29, 0.717) is 32.8 Å². The van der Waals surface area contributed by atoms with Crippen LogP contribution >= 0.6 is 15.9 Å². The first-order valence-corrected chi connectivity index (χ1v) is 6.90. The second-order valence-corrected chi connectivity index (χ2v) is 5.03. The number of morpholine rings is 1. The Labute approximate surface area is 115 Å². The summed E-state index contributed by atoms with van der Waals surface area (Å²) in [5, 5.41) is 2.94. The average molecular weight is 313 g/mol. The number of amides is 2. The number of rotatable bonds is 3. The summed E-state index contributed by atoms with van der Waals surface area (Å²) in [6.07, 6.45) is 0.831. The quantitative estimate of drug-likeness (QED) is 0.928. The minimum absolute atomic E-state index is 0.00496. The Bertz CT molecular complexity index is 406. The Morgan fingerprint density at radius 2 is 2.06 bits per heavy atom. The van der Waals surface area contributed by atoms with Crippen molar-refractivity contribution in [1.82, 2.24) is 10.2 Å². The molecule has 98 valence electrons. The lowest BCUT2D eigenvalue weighted by atomic mass is 10.1. The highest BCUT2D eigenvalue weighted by molar-refractivity contribution is 9.10. The van der Waals surface area contributed by atoms with Gasteiger partial charge in [-0.25, -0.2) is 4.79 Å². The number of benzene rings is 1. The molecule has 0 atom stereocenters. The average Bonchev–Trinajstić information content (AvgIpc) is 2.42. The van der Waals surface area contributed by atoms with Gasteiger partial charge >= 0.3 is 6.03 Å². The third-order valence-corrected chi connectivity index (χ3v) is 3.70. The molecule has 2 amide bonds. The van der Waals surface area contributed by atoms with Crippen LogP contribution in [0, 0.1) is 0 Å². The molecule has 1 N–H and O–H groups in total. The topological polar surface area (TPSA) is 41.6 Å². The molecule has 0 bridgehead atoms. The lowest BCUT2D eigenvalue weighted by Crippen LogP contribution is -2.46. The van der Waals surface area contributed by atoms with Gasteiger partial charge in [0.15, 0.2) is 0 Å². The number of urea groups is 1. The zero-order chi connectivity index (χ0) is 12.8. The van der Waals surface area contributed by atoms with Gasteiger partial charge in [-0.3, -0.25) is 0 Å². The molecule has 1 heterocycles. The maximum atomic E-state index is 11.8. The number of carbonyl (C=O) groups excluding carboxylic acids is 1. The first-order chi connectivity index (χ1) is 8.77. The van der Waals surface area contributed by atoms with Gasteiger partial charge in [0.25, 0.3) is 0 Å². The van der Waals surface area contributed by atoms with Crippen LogP contribution in [0.5, 0.6) is 0 Å². The Morgan fingerprint density at radius 3 is 2.78 bits per heavy atom. The molecule has 0 aromatic heterocycles. The highest BCUT2D eigenvalue weighted by atomic mass is 79.9. The van der Waals surface area contributed by atoms with Gasteiger partial charge in [0, 0.05) is 24.1 Å². The van der Waals surface area contributed by atoms with Gasteiger partial charge in [-0.15, -0.1) is 0 Å². The van der Waals surface area contributed by atoms with Crippen molar-refractivity contribution in [2.45, 2.75) is 6.42 Å². The molecule has 1 aliphatic rings. The van der Waals surface area contributed by atoms with E-state index in [1.54, 1.807) is 4.90 Å². The lowest BCUT2D eigenvalue weighted by molar-refractivity contribution is 0.0533. The van der Waals surface area contributed by atoms with Crippen LogP contribution < -0.4 is 5.32 Å². The first kappa shape index (κ1) is 13.4. The van der Waals surface area contributed by atoms with Crippen LogP contribution in [0.3, 0.4) is 0 Å². The molecule has 4 nitrogen and oxygen atoms in total. The van der Waals surface area contributed by atoms with E-state index in [-0.39, 0.29) is 6.03 Å². The molecule has 0 radical (unpaired) electrons. The Kier molecular flexibility index (Phi) is 5.01. The van der Waals surface area contributed by atoms with E-state index in [1.165, 1.54) is 5.56 Å². The van der Waals surface area contributed by atoms with Crippen molar-refractivity contribution in [1.29, 1.82) is 0 Å². The summed E-state index contributed by atoms with van der Waals surface area (Å²) >= 11 is 3.50. The lowest BCUT2D eigenvalue weighted by Gasteiger charge is -2.26. The maximum Gasteiger partial charge on any atom is 0.317 e. The Balaban J connectivity index is 1.75. The predicted molar refractivity (Wildman–Crippen MR) is 73.6 cm³/mol. The van der Waals surface area contributed by atoms with Gasteiger partial charge in [-0.05, 0) is 18.1 Å². The van der Waals surface area contributed by atoms with E-state index >= 15 is 0 Å². The highest BCUT2D eigenvalue weighted by Crippen LogP contribution is 2.15. The summed E-state index contributed by atoms with van der Waals surface area (Å²) < 4.78 is 6.30. The second kappa shape index (κ2) is 6.75. The van der Waals surface area contributed by atoms with E-state index in [4.69, 9.17) is 4.74 Å². The van der Waals surface area contributed by atoms with Gasteiger partial charge in [0.05, 0.1) is 13.2 Å².